The summed E-state index contributed by atoms with van der Waals surface area (Å²) in [5.41, 5.74) is 6.19. The number of nitrogens with zero attached hydrogens (tertiary/aromatic N) is 2. The van der Waals surface area contributed by atoms with Gasteiger partial charge in [-0.3, -0.25) is 0 Å². The SMILES string of the molecule is C=CCNc1ncnc(OCC)c1N. The summed E-state index contributed by atoms with van der Waals surface area (Å²) in [5.74, 6) is 0.984. The van der Waals surface area contributed by atoms with Crippen molar-refractivity contribution in [3.63, 3.8) is 0 Å². The molecule has 0 spiro atoms. The predicted molar refractivity (Wildman–Crippen MR) is 56.3 cm³/mol. The Labute approximate surface area is 83.0 Å². The zero-order valence-electron chi connectivity index (χ0n) is 8.16. The van der Waals surface area contributed by atoms with Crippen LogP contribution in [0.2, 0.25) is 0 Å². The molecule has 5 heteroatoms. The highest BCUT2D eigenvalue weighted by molar-refractivity contribution is 5.66. The minimum absolute atomic E-state index is 0.411. The fourth-order valence-corrected chi connectivity index (χ4v) is 0.941. The zero-order valence-corrected chi connectivity index (χ0v) is 8.16. The van der Waals surface area contributed by atoms with Gasteiger partial charge in [0.2, 0.25) is 5.88 Å². The summed E-state index contributed by atoms with van der Waals surface area (Å²) < 4.78 is 5.22. The molecule has 0 unspecified atom stereocenters. The number of ether oxygens (including phenoxy) is 1. The molecule has 0 bridgehead atoms. The van der Waals surface area contributed by atoms with Crippen LogP contribution in [0.3, 0.4) is 0 Å². The standard InChI is InChI=1S/C9H14N4O/c1-3-5-11-8-7(10)9(14-4-2)13-6-12-8/h3,6H,1,4-5,10H2,2H3,(H,11,12,13). The second kappa shape index (κ2) is 5.06. The monoisotopic (exact) mass is 194 g/mol. The summed E-state index contributed by atoms with van der Waals surface area (Å²) in [6.07, 6.45) is 3.13. The molecule has 0 saturated heterocycles. The Hall–Kier alpha value is -1.78. The van der Waals surface area contributed by atoms with Gasteiger partial charge in [-0.1, -0.05) is 6.08 Å². The van der Waals surface area contributed by atoms with Gasteiger partial charge in [0.1, 0.15) is 12.0 Å². The molecule has 0 saturated carbocycles. The van der Waals surface area contributed by atoms with Crippen molar-refractivity contribution < 1.29 is 4.74 Å². The Morgan fingerprint density at radius 1 is 1.64 bits per heavy atom. The molecule has 1 heterocycles. The van der Waals surface area contributed by atoms with Crippen molar-refractivity contribution in [3.05, 3.63) is 19.0 Å². The maximum Gasteiger partial charge on any atom is 0.242 e. The van der Waals surface area contributed by atoms with Crippen molar-refractivity contribution in [2.45, 2.75) is 6.92 Å². The Morgan fingerprint density at radius 2 is 2.43 bits per heavy atom. The Bertz CT molecular complexity index is 314. The third kappa shape index (κ3) is 2.35. The van der Waals surface area contributed by atoms with Crippen LogP contribution in [0.25, 0.3) is 0 Å². The van der Waals surface area contributed by atoms with E-state index in [0.29, 0.717) is 30.5 Å². The largest absolute Gasteiger partial charge is 0.476 e. The van der Waals surface area contributed by atoms with Crippen LogP contribution >= 0.6 is 0 Å². The van der Waals surface area contributed by atoms with Gasteiger partial charge < -0.3 is 15.8 Å². The van der Waals surface area contributed by atoms with Gasteiger partial charge in [0, 0.05) is 6.54 Å². The van der Waals surface area contributed by atoms with E-state index in [1.54, 1.807) is 6.08 Å². The third-order valence-electron chi connectivity index (χ3n) is 1.54. The maximum atomic E-state index is 5.76. The lowest BCUT2D eigenvalue weighted by atomic mass is 10.4. The lowest BCUT2D eigenvalue weighted by Gasteiger charge is -2.09. The smallest absolute Gasteiger partial charge is 0.242 e. The van der Waals surface area contributed by atoms with Gasteiger partial charge in [-0.2, -0.15) is 4.98 Å². The maximum absolute atomic E-state index is 5.76. The normalized spacial score (nSPS) is 9.50. The molecule has 1 rings (SSSR count). The van der Waals surface area contributed by atoms with Gasteiger partial charge in [-0.25, -0.2) is 4.98 Å². The van der Waals surface area contributed by atoms with Gasteiger partial charge in [-0.05, 0) is 6.92 Å². The highest BCUT2D eigenvalue weighted by atomic mass is 16.5. The van der Waals surface area contributed by atoms with Crippen LogP contribution in [0.15, 0.2) is 19.0 Å². The first-order valence-corrected chi connectivity index (χ1v) is 4.37. The van der Waals surface area contributed by atoms with E-state index in [1.165, 1.54) is 6.33 Å². The van der Waals surface area contributed by atoms with E-state index >= 15 is 0 Å². The first-order valence-electron chi connectivity index (χ1n) is 4.37. The number of hydrogen-bond acceptors (Lipinski definition) is 5. The second-order valence-corrected chi connectivity index (χ2v) is 2.54. The highest BCUT2D eigenvalue weighted by Gasteiger charge is 2.07. The van der Waals surface area contributed by atoms with E-state index in [9.17, 15) is 0 Å². The summed E-state index contributed by atoms with van der Waals surface area (Å²) in [6.45, 7) is 6.59. The molecule has 0 amide bonds. The van der Waals surface area contributed by atoms with Crippen molar-refractivity contribution in [1.29, 1.82) is 0 Å². The van der Waals surface area contributed by atoms with Crippen molar-refractivity contribution in [3.8, 4) is 5.88 Å². The quantitative estimate of drug-likeness (QED) is 0.685. The second-order valence-electron chi connectivity index (χ2n) is 2.54. The molecule has 5 nitrogen and oxygen atoms in total. The molecule has 1 aromatic heterocycles. The summed E-state index contributed by atoms with van der Waals surface area (Å²) in [4.78, 5) is 7.90. The number of hydrogen-bond donors (Lipinski definition) is 2. The van der Waals surface area contributed by atoms with Crippen LogP contribution in [0, 0.1) is 0 Å². The summed E-state index contributed by atoms with van der Waals surface area (Å²) >= 11 is 0. The van der Waals surface area contributed by atoms with Crippen molar-refractivity contribution in [2.24, 2.45) is 0 Å². The van der Waals surface area contributed by atoms with Gasteiger partial charge >= 0.3 is 0 Å². The average molecular weight is 194 g/mol. The van der Waals surface area contributed by atoms with E-state index in [0.717, 1.165) is 0 Å². The summed E-state index contributed by atoms with van der Waals surface area (Å²) in [7, 11) is 0. The molecule has 14 heavy (non-hydrogen) atoms. The average Bonchev–Trinajstić information content (AvgIpc) is 2.20. The van der Waals surface area contributed by atoms with Crippen LogP contribution < -0.4 is 15.8 Å². The van der Waals surface area contributed by atoms with Crippen LogP contribution in [-0.4, -0.2) is 23.1 Å². The number of rotatable bonds is 5. The minimum atomic E-state index is 0.411. The van der Waals surface area contributed by atoms with Gasteiger partial charge in [0.25, 0.3) is 0 Å². The Morgan fingerprint density at radius 3 is 3.07 bits per heavy atom. The van der Waals surface area contributed by atoms with E-state index < -0.39 is 0 Å². The molecular formula is C9H14N4O. The van der Waals surface area contributed by atoms with Crippen LogP contribution in [-0.2, 0) is 0 Å². The fraction of sp³-hybridized carbons (Fsp3) is 0.333. The third-order valence-corrected chi connectivity index (χ3v) is 1.54. The highest BCUT2D eigenvalue weighted by Crippen LogP contribution is 2.23. The molecule has 0 aromatic carbocycles. The number of anilines is 2. The minimum Gasteiger partial charge on any atom is -0.476 e. The first kappa shape index (κ1) is 10.3. The van der Waals surface area contributed by atoms with E-state index in [2.05, 4.69) is 21.9 Å². The Balaban J connectivity index is 2.83. The number of aromatic nitrogens is 2. The molecule has 0 aliphatic rings. The molecule has 3 N–H and O–H groups in total. The molecule has 1 aromatic rings. The molecule has 0 aliphatic carbocycles. The molecule has 0 atom stereocenters. The number of nitrogen functional groups attached to an aromatic ring is 1. The molecule has 0 radical (unpaired) electrons. The molecule has 76 valence electrons. The number of nitrogens with one attached hydrogen (secondary N) is 1. The Kier molecular flexibility index (Phi) is 3.72. The summed E-state index contributed by atoms with van der Waals surface area (Å²) in [5, 5.41) is 2.99. The lowest BCUT2D eigenvalue weighted by molar-refractivity contribution is 0.328. The van der Waals surface area contributed by atoms with E-state index in [-0.39, 0.29) is 0 Å². The zero-order chi connectivity index (χ0) is 10.4. The van der Waals surface area contributed by atoms with Gasteiger partial charge in [0.05, 0.1) is 6.61 Å². The van der Waals surface area contributed by atoms with E-state index in [4.69, 9.17) is 10.5 Å². The predicted octanol–water partition coefficient (Wildman–Crippen LogP) is 1.06. The van der Waals surface area contributed by atoms with Gasteiger partial charge in [-0.15, -0.1) is 6.58 Å². The van der Waals surface area contributed by atoms with Crippen molar-refractivity contribution >= 4 is 11.5 Å². The van der Waals surface area contributed by atoms with Crippen LogP contribution in [0.5, 0.6) is 5.88 Å². The van der Waals surface area contributed by atoms with E-state index in [1.807, 2.05) is 6.92 Å². The first-order chi connectivity index (χ1) is 6.79. The molecular weight excluding hydrogens is 180 g/mol. The number of nitrogens with two attached hydrogens (primary N) is 1. The topological polar surface area (TPSA) is 73.1 Å². The van der Waals surface area contributed by atoms with Crippen molar-refractivity contribution in [1.82, 2.24) is 9.97 Å². The molecule has 0 fully saturated rings. The lowest BCUT2D eigenvalue weighted by Crippen LogP contribution is -2.07. The molecule has 0 aliphatic heterocycles. The van der Waals surface area contributed by atoms with Crippen LogP contribution in [0.1, 0.15) is 6.92 Å². The van der Waals surface area contributed by atoms with Crippen LogP contribution in [0.4, 0.5) is 11.5 Å². The fourth-order valence-electron chi connectivity index (χ4n) is 0.941. The summed E-state index contributed by atoms with van der Waals surface area (Å²) in [6, 6.07) is 0. The van der Waals surface area contributed by atoms with Gasteiger partial charge in [0.15, 0.2) is 5.82 Å². The van der Waals surface area contributed by atoms with Crippen molar-refractivity contribution in [2.75, 3.05) is 24.2 Å².